The molecule has 0 fully saturated rings. The van der Waals surface area contributed by atoms with Gasteiger partial charge in [0.15, 0.2) is 0 Å². The Kier molecular flexibility index (Phi) is 2.30. The predicted octanol–water partition coefficient (Wildman–Crippen LogP) is 2.07. The fourth-order valence-corrected chi connectivity index (χ4v) is 1.77. The molecule has 14 heavy (non-hydrogen) atoms. The number of ether oxygens (including phenoxy) is 1. The number of rotatable bonds is 1. The summed E-state index contributed by atoms with van der Waals surface area (Å²) >= 11 is 0. The fraction of sp³-hybridized carbons (Fsp3) is 0.333. The lowest BCUT2D eigenvalue weighted by molar-refractivity contribution is 0.233. The topological polar surface area (TPSA) is 12.5 Å². The van der Waals surface area contributed by atoms with Gasteiger partial charge in [0, 0.05) is 0 Å². The molecule has 0 aliphatic carbocycles. The second-order valence-electron chi connectivity index (χ2n) is 3.86. The first-order valence-electron chi connectivity index (χ1n) is 4.79. The minimum Gasteiger partial charge on any atom is -0.460 e. The fourth-order valence-electron chi connectivity index (χ4n) is 1.77. The molecule has 1 atom stereocenters. The zero-order chi connectivity index (χ0) is 10.1. The predicted molar refractivity (Wildman–Crippen MR) is 57.4 cm³/mol. The van der Waals surface area contributed by atoms with E-state index >= 15 is 0 Å². The first kappa shape index (κ1) is 9.28. The van der Waals surface area contributed by atoms with Crippen molar-refractivity contribution in [2.24, 2.45) is 0 Å². The van der Waals surface area contributed by atoms with Gasteiger partial charge >= 0.3 is 0 Å². The van der Waals surface area contributed by atoms with Crippen LogP contribution in [0.1, 0.15) is 5.56 Å². The Morgan fingerprint density at radius 3 is 2.79 bits per heavy atom. The SMILES string of the molecule is C=C1Oc2ccccc2CC1N(C)C. The van der Waals surface area contributed by atoms with Gasteiger partial charge < -0.3 is 4.74 Å². The van der Waals surface area contributed by atoms with Gasteiger partial charge in [0.1, 0.15) is 11.5 Å². The van der Waals surface area contributed by atoms with Crippen molar-refractivity contribution in [2.75, 3.05) is 14.1 Å². The number of benzene rings is 1. The first-order valence-corrected chi connectivity index (χ1v) is 4.79. The van der Waals surface area contributed by atoms with Crippen molar-refractivity contribution < 1.29 is 4.74 Å². The second-order valence-corrected chi connectivity index (χ2v) is 3.86. The summed E-state index contributed by atoms with van der Waals surface area (Å²) in [6, 6.07) is 8.43. The largest absolute Gasteiger partial charge is 0.460 e. The molecule has 0 aromatic heterocycles. The molecule has 1 unspecified atom stereocenters. The molecule has 2 rings (SSSR count). The van der Waals surface area contributed by atoms with Gasteiger partial charge in [-0.2, -0.15) is 0 Å². The quantitative estimate of drug-likeness (QED) is 0.670. The Morgan fingerprint density at radius 2 is 2.07 bits per heavy atom. The molecule has 0 bridgehead atoms. The van der Waals surface area contributed by atoms with Crippen molar-refractivity contribution >= 4 is 0 Å². The molecule has 0 saturated carbocycles. The zero-order valence-electron chi connectivity index (χ0n) is 8.66. The maximum Gasteiger partial charge on any atom is 0.130 e. The minimum atomic E-state index is 0.296. The molecule has 0 saturated heterocycles. The molecule has 1 aromatic carbocycles. The van der Waals surface area contributed by atoms with Crippen molar-refractivity contribution in [3.05, 3.63) is 42.2 Å². The highest BCUT2D eigenvalue weighted by Gasteiger charge is 2.24. The number of hydrogen-bond donors (Lipinski definition) is 0. The molecule has 1 heterocycles. The lowest BCUT2D eigenvalue weighted by Crippen LogP contribution is -2.36. The third kappa shape index (κ3) is 1.53. The summed E-state index contributed by atoms with van der Waals surface area (Å²) in [4.78, 5) is 2.14. The highest BCUT2D eigenvalue weighted by atomic mass is 16.5. The molecule has 74 valence electrons. The summed E-state index contributed by atoms with van der Waals surface area (Å²) in [5.41, 5.74) is 1.26. The number of likely N-dealkylation sites (N-methyl/N-ethyl adjacent to an activating group) is 1. The zero-order valence-corrected chi connectivity index (χ0v) is 8.66. The number of nitrogens with zero attached hydrogens (tertiary/aromatic N) is 1. The maximum atomic E-state index is 5.67. The molecule has 1 aliphatic heterocycles. The minimum absolute atomic E-state index is 0.296. The van der Waals surface area contributed by atoms with Crippen LogP contribution in [0.2, 0.25) is 0 Å². The van der Waals surface area contributed by atoms with Crippen molar-refractivity contribution in [1.82, 2.24) is 4.90 Å². The van der Waals surface area contributed by atoms with Crippen molar-refractivity contribution in [1.29, 1.82) is 0 Å². The van der Waals surface area contributed by atoms with Gasteiger partial charge in [-0.3, -0.25) is 4.90 Å². The summed E-state index contributed by atoms with van der Waals surface area (Å²) < 4.78 is 5.67. The van der Waals surface area contributed by atoms with Gasteiger partial charge in [0.25, 0.3) is 0 Å². The van der Waals surface area contributed by atoms with Crippen LogP contribution in [-0.2, 0) is 6.42 Å². The van der Waals surface area contributed by atoms with Gasteiger partial charge in [-0.15, -0.1) is 0 Å². The Bertz CT molecular complexity index is 357. The van der Waals surface area contributed by atoms with Crippen LogP contribution in [0, 0.1) is 0 Å². The first-order chi connectivity index (χ1) is 6.68. The van der Waals surface area contributed by atoms with E-state index in [0.29, 0.717) is 6.04 Å². The second kappa shape index (κ2) is 3.46. The van der Waals surface area contributed by atoms with E-state index in [1.54, 1.807) is 0 Å². The number of para-hydroxylation sites is 1. The maximum absolute atomic E-state index is 5.67. The van der Waals surface area contributed by atoms with E-state index < -0.39 is 0 Å². The molecule has 2 heteroatoms. The Hall–Kier alpha value is -1.28. The summed E-state index contributed by atoms with van der Waals surface area (Å²) in [6.45, 7) is 3.95. The highest BCUT2D eigenvalue weighted by molar-refractivity contribution is 5.39. The van der Waals surface area contributed by atoms with Crippen LogP contribution >= 0.6 is 0 Å². The van der Waals surface area contributed by atoms with Crippen LogP contribution in [0.15, 0.2) is 36.6 Å². The van der Waals surface area contributed by atoms with Gasteiger partial charge in [-0.1, -0.05) is 24.8 Å². The Labute approximate surface area is 84.8 Å². The van der Waals surface area contributed by atoms with E-state index in [0.717, 1.165) is 17.9 Å². The van der Waals surface area contributed by atoms with Gasteiger partial charge in [-0.25, -0.2) is 0 Å². The lowest BCUT2D eigenvalue weighted by Gasteiger charge is -2.31. The molecular formula is C12H15NO. The molecule has 0 radical (unpaired) electrons. The van der Waals surface area contributed by atoms with Crippen LogP contribution in [0.4, 0.5) is 0 Å². The van der Waals surface area contributed by atoms with Crippen LogP contribution in [-0.4, -0.2) is 25.0 Å². The van der Waals surface area contributed by atoms with E-state index in [1.807, 2.05) is 32.3 Å². The molecule has 1 aromatic rings. The highest BCUT2D eigenvalue weighted by Crippen LogP contribution is 2.29. The number of fused-ring (bicyclic) bond motifs is 1. The monoisotopic (exact) mass is 189 g/mol. The molecular weight excluding hydrogens is 174 g/mol. The Morgan fingerprint density at radius 1 is 1.36 bits per heavy atom. The third-order valence-corrected chi connectivity index (χ3v) is 2.62. The average Bonchev–Trinajstić information content (AvgIpc) is 2.16. The van der Waals surface area contributed by atoms with Crippen molar-refractivity contribution in [3.63, 3.8) is 0 Å². The smallest absolute Gasteiger partial charge is 0.130 e. The summed E-state index contributed by atoms with van der Waals surface area (Å²) in [5, 5.41) is 0. The molecule has 0 amide bonds. The molecule has 1 aliphatic rings. The summed E-state index contributed by atoms with van der Waals surface area (Å²) in [5.74, 6) is 1.80. The van der Waals surface area contributed by atoms with Crippen molar-refractivity contribution in [2.45, 2.75) is 12.5 Å². The van der Waals surface area contributed by atoms with E-state index in [2.05, 4.69) is 17.5 Å². The molecule has 0 spiro atoms. The average molecular weight is 189 g/mol. The number of hydrogen-bond acceptors (Lipinski definition) is 2. The molecule has 2 nitrogen and oxygen atoms in total. The van der Waals surface area contributed by atoms with E-state index in [1.165, 1.54) is 5.56 Å². The third-order valence-electron chi connectivity index (χ3n) is 2.62. The lowest BCUT2D eigenvalue weighted by atomic mass is 10.0. The van der Waals surface area contributed by atoms with E-state index in [-0.39, 0.29) is 0 Å². The van der Waals surface area contributed by atoms with Gasteiger partial charge in [0.05, 0.1) is 6.04 Å². The van der Waals surface area contributed by atoms with Crippen LogP contribution < -0.4 is 4.74 Å². The van der Waals surface area contributed by atoms with Gasteiger partial charge in [-0.05, 0) is 32.1 Å². The van der Waals surface area contributed by atoms with Crippen molar-refractivity contribution in [3.8, 4) is 5.75 Å². The summed E-state index contributed by atoms with van der Waals surface area (Å²) in [6.07, 6.45) is 0.988. The van der Waals surface area contributed by atoms with E-state index in [9.17, 15) is 0 Å². The van der Waals surface area contributed by atoms with Crippen LogP contribution in [0.3, 0.4) is 0 Å². The standard InChI is InChI=1S/C12H15NO/c1-9-11(13(2)3)8-10-6-4-5-7-12(10)14-9/h4-7,11H,1,8H2,2-3H3. The Balaban J connectivity index is 2.31. The molecule has 0 N–H and O–H groups in total. The van der Waals surface area contributed by atoms with E-state index in [4.69, 9.17) is 4.74 Å². The normalized spacial score (nSPS) is 20.5. The van der Waals surface area contributed by atoms with Crippen LogP contribution in [0.5, 0.6) is 5.75 Å². The summed E-state index contributed by atoms with van der Waals surface area (Å²) in [7, 11) is 4.10. The van der Waals surface area contributed by atoms with Gasteiger partial charge in [0.2, 0.25) is 0 Å². The van der Waals surface area contributed by atoms with Crippen LogP contribution in [0.25, 0.3) is 0 Å².